The van der Waals surface area contributed by atoms with Crippen LogP contribution in [0.15, 0.2) is 18.2 Å². The molecule has 0 spiro atoms. The highest BCUT2D eigenvalue weighted by Crippen LogP contribution is 2.30. The van der Waals surface area contributed by atoms with Crippen molar-refractivity contribution < 1.29 is 4.79 Å². The summed E-state index contributed by atoms with van der Waals surface area (Å²) in [7, 11) is 0. The molecule has 21 heavy (non-hydrogen) atoms. The molecule has 2 rings (SSSR count). The number of amides is 1. The smallest absolute Gasteiger partial charge is 0.251 e. The summed E-state index contributed by atoms with van der Waals surface area (Å²) in [5.41, 5.74) is 3.52. The lowest BCUT2D eigenvalue weighted by Gasteiger charge is -2.28. The van der Waals surface area contributed by atoms with Crippen LogP contribution in [0, 0.1) is 5.41 Å². The molecule has 1 heterocycles. The van der Waals surface area contributed by atoms with E-state index in [1.54, 1.807) is 0 Å². The van der Waals surface area contributed by atoms with E-state index in [4.69, 9.17) is 0 Å². The van der Waals surface area contributed by atoms with E-state index in [2.05, 4.69) is 56.5 Å². The Bertz CT molecular complexity index is 502. The van der Waals surface area contributed by atoms with Crippen molar-refractivity contribution in [2.75, 3.05) is 13.1 Å². The third-order valence-electron chi connectivity index (χ3n) is 3.92. The minimum absolute atomic E-state index is 0.0723. The topological polar surface area (TPSA) is 41.1 Å². The predicted molar refractivity (Wildman–Crippen MR) is 87.6 cm³/mol. The quantitative estimate of drug-likeness (QED) is 0.871. The van der Waals surface area contributed by atoms with E-state index in [1.165, 1.54) is 11.1 Å². The summed E-state index contributed by atoms with van der Waals surface area (Å²) in [5, 5.41) is 6.57. The minimum atomic E-state index is 0.0723. The van der Waals surface area contributed by atoms with Crippen molar-refractivity contribution in [2.45, 2.75) is 53.0 Å². The highest BCUT2D eigenvalue weighted by atomic mass is 16.1. The molecule has 1 unspecified atom stereocenters. The summed E-state index contributed by atoms with van der Waals surface area (Å²) in [6.45, 7) is 10.7. The second-order valence-electron chi connectivity index (χ2n) is 7.19. The molecule has 1 aromatic rings. The monoisotopic (exact) mass is 288 g/mol. The van der Waals surface area contributed by atoms with Crippen molar-refractivity contribution in [3.05, 3.63) is 34.9 Å². The largest absolute Gasteiger partial charge is 0.352 e. The Kier molecular flexibility index (Phi) is 5.04. The van der Waals surface area contributed by atoms with Crippen LogP contribution in [0.4, 0.5) is 0 Å². The first-order valence-electron chi connectivity index (χ1n) is 8.05. The normalized spacial score (nSPS) is 16.3. The summed E-state index contributed by atoms with van der Waals surface area (Å²) in [5.74, 6) is 0.0723. The van der Waals surface area contributed by atoms with Gasteiger partial charge in [-0.15, -0.1) is 0 Å². The number of hydrogen-bond acceptors (Lipinski definition) is 2. The lowest BCUT2D eigenvalue weighted by molar-refractivity contribution is 0.0946. The van der Waals surface area contributed by atoms with Gasteiger partial charge in [0.15, 0.2) is 0 Å². The van der Waals surface area contributed by atoms with Crippen LogP contribution in [-0.2, 0) is 6.42 Å². The molecule has 3 heteroatoms. The van der Waals surface area contributed by atoms with Crippen molar-refractivity contribution in [3.8, 4) is 0 Å². The van der Waals surface area contributed by atoms with E-state index in [9.17, 15) is 4.79 Å². The van der Waals surface area contributed by atoms with Crippen LogP contribution in [0.3, 0.4) is 0 Å². The van der Waals surface area contributed by atoms with Crippen molar-refractivity contribution in [1.82, 2.24) is 10.6 Å². The van der Waals surface area contributed by atoms with Gasteiger partial charge in [-0.05, 0) is 48.4 Å². The van der Waals surface area contributed by atoms with Gasteiger partial charge in [0.2, 0.25) is 0 Å². The number of nitrogens with one attached hydrogen (secondary N) is 2. The van der Waals surface area contributed by atoms with E-state index in [-0.39, 0.29) is 11.3 Å². The molecule has 1 aliphatic rings. The molecule has 0 aliphatic carbocycles. The zero-order valence-electron chi connectivity index (χ0n) is 13.8. The fraction of sp³-hybridized carbons (Fsp3) is 0.611. The molecule has 2 N–H and O–H groups in total. The first-order valence-corrected chi connectivity index (χ1v) is 8.05. The van der Waals surface area contributed by atoms with Gasteiger partial charge in [-0.3, -0.25) is 4.79 Å². The fourth-order valence-electron chi connectivity index (χ4n) is 2.88. The molecule has 116 valence electrons. The van der Waals surface area contributed by atoms with Crippen LogP contribution in [0.1, 0.15) is 68.1 Å². The van der Waals surface area contributed by atoms with E-state index in [0.29, 0.717) is 6.04 Å². The van der Waals surface area contributed by atoms with Gasteiger partial charge in [0.25, 0.3) is 5.91 Å². The number of hydrogen-bond donors (Lipinski definition) is 2. The van der Waals surface area contributed by atoms with Crippen LogP contribution in [0.25, 0.3) is 0 Å². The molecule has 1 aromatic carbocycles. The van der Waals surface area contributed by atoms with Crippen molar-refractivity contribution in [1.29, 1.82) is 0 Å². The molecule has 0 bridgehead atoms. The molecule has 0 saturated carbocycles. The third kappa shape index (κ3) is 4.31. The summed E-state index contributed by atoms with van der Waals surface area (Å²) < 4.78 is 0. The number of rotatable bonds is 5. The molecule has 0 aromatic heterocycles. The second kappa shape index (κ2) is 6.61. The highest BCUT2D eigenvalue weighted by Gasteiger charge is 2.23. The van der Waals surface area contributed by atoms with Crippen LogP contribution < -0.4 is 10.6 Å². The van der Waals surface area contributed by atoms with Crippen LogP contribution >= 0.6 is 0 Å². The number of benzene rings is 1. The third-order valence-corrected chi connectivity index (χ3v) is 3.92. The van der Waals surface area contributed by atoms with Crippen molar-refractivity contribution >= 4 is 5.91 Å². The molecule has 1 atom stereocenters. The van der Waals surface area contributed by atoms with Crippen LogP contribution in [0.5, 0.6) is 0 Å². The molecule has 0 fully saturated rings. The Hall–Kier alpha value is -1.35. The van der Waals surface area contributed by atoms with Gasteiger partial charge in [-0.25, -0.2) is 0 Å². The van der Waals surface area contributed by atoms with Crippen LogP contribution in [0.2, 0.25) is 0 Å². The van der Waals surface area contributed by atoms with Gasteiger partial charge in [-0.1, -0.05) is 39.8 Å². The fourth-order valence-corrected chi connectivity index (χ4v) is 2.88. The Labute approximate surface area is 128 Å². The summed E-state index contributed by atoms with van der Waals surface area (Å²) in [6, 6.07) is 6.72. The van der Waals surface area contributed by atoms with E-state index in [1.807, 2.05) is 0 Å². The number of fused-ring (bicyclic) bond motifs is 1. The standard InChI is InChI=1S/C18H28N2O/c1-5-9-19-16(12-18(2,3)4)14-7-6-13-8-10-20-17(21)15(13)11-14/h6-7,11,16,19H,5,8-10,12H2,1-4H3,(H,20,21). The second-order valence-corrected chi connectivity index (χ2v) is 7.19. The summed E-state index contributed by atoms with van der Waals surface area (Å²) in [6.07, 6.45) is 3.12. The highest BCUT2D eigenvalue weighted by molar-refractivity contribution is 5.96. The van der Waals surface area contributed by atoms with Gasteiger partial charge in [0.05, 0.1) is 0 Å². The maximum Gasteiger partial charge on any atom is 0.251 e. The first kappa shape index (κ1) is 16.0. The molecule has 1 amide bonds. The van der Waals surface area contributed by atoms with E-state index >= 15 is 0 Å². The lowest BCUT2D eigenvalue weighted by atomic mass is 9.84. The van der Waals surface area contributed by atoms with Crippen molar-refractivity contribution in [2.24, 2.45) is 5.41 Å². The summed E-state index contributed by atoms with van der Waals surface area (Å²) in [4.78, 5) is 12.0. The lowest BCUT2D eigenvalue weighted by Crippen LogP contribution is -2.32. The summed E-state index contributed by atoms with van der Waals surface area (Å²) >= 11 is 0. The molecule has 0 radical (unpaired) electrons. The van der Waals surface area contributed by atoms with Gasteiger partial charge in [-0.2, -0.15) is 0 Å². The van der Waals surface area contributed by atoms with Gasteiger partial charge >= 0.3 is 0 Å². The first-order chi connectivity index (χ1) is 9.90. The molecule has 1 aliphatic heterocycles. The Morgan fingerprint density at radius 1 is 1.33 bits per heavy atom. The van der Waals surface area contributed by atoms with E-state index in [0.717, 1.165) is 37.9 Å². The Morgan fingerprint density at radius 2 is 2.10 bits per heavy atom. The average molecular weight is 288 g/mol. The van der Waals surface area contributed by atoms with Crippen LogP contribution in [-0.4, -0.2) is 19.0 Å². The van der Waals surface area contributed by atoms with Crippen molar-refractivity contribution in [3.63, 3.8) is 0 Å². The minimum Gasteiger partial charge on any atom is -0.352 e. The van der Waals surface area contributed by atoms with Gasteiger partial charge in [0.1, 0.15) is 0 Å². The average Bonchev–Trinajstić information content (AvgIpc) is 2.42. The molecule has 0 saturated heterocycles. The van der Waals surface area contributed by atoms with E-state index < -0.39 is 0 Å². The molecular weight excluding hydrogens is 260 g/mol. The molecular formula is C18H28N2O. The Morgan fingerprint density at radius 3 is 2.76 bits per heavy atom. The zero-order chi connectivity index (χ0) is 15.5. The maximum atomic E-state index is 12.0. The zero-order valence-corrected chi connectivity index (χ0v) is 13.8. The predicted octanol–water partition coefficient (Wildman–Crippen LogP) is 3.45. The number of carbonyl (C=O) groups is 1. The number of carbonyl (C=O) groups excluding carboxylic acids is 1. The maximum absolute atomic E-state index is 12.0. The van der Waals surface area contributed by atoms with Gasteiger partial charge in [0, 0.05) is 18.2 Å². The SMILES string of the molecule is CCCNC(CC(C)(C)C)c1ccc2c(c1)C(=O)NCC2. The Balaban J connectivity index is 2.26. The molecule has 3 nitrogen and oxygen atoms in total. The van der Waals surface area contributed by atoms with Gasteiger partial charge < -0.3 is 10.6 Å².